The second-order valence-corrected chi connectivity index (χ2v) is 11.5. The fourth-order valence-corrected chi connectivity index (χ4v) is 6.87. The van der Waals surface area contributed by atoms with Gasteiger partial charge in [-0.15, -0.1) is 11.3 Å². The average Bonchev–Trinajstić information content (AvgIpc) is 3.49. The maximum absolute atomic E-state index is 13.1. The fraction of sp³-hybridized carbons (Fsp3) is 0.333. The smallest absolute Gasteiger partial charge is 0.328 e. The van der Waals surface area contributed by atoms with Crippen LogP contribution in [0.4, 0.5) is 0 Å². The Morgan fingerprint density at radius 1 is 1.31 bits per heavy atom. The lowest BCUT2D eigenvalue weighted by molar-refractivity contribution is -0.145. The maximum Gasteiger partial charge on any atom is 0.328 e. The van der Waals surface area contributed by atoms with Crippen LogP contribution in [0.1, 0.15) is 5.69 Å². The zero-order valence-corrected chi connectivity index (χ0v) is 21.0. The molecule has 3 aromatic rings. The van der Waals surface area contributed by atoms with E-state index in [1.807, 2.05) is 0 Å². The van der Waals surface area contributed by atoms with Gasteiger partial charge in [-0.25, -0.2) is 18.2 Å². The van der Waals surface area contributed by atoms with Crippen molar-refractivity contribution in [3.8, 4) is 0 Å². The van der Waals surface area contributed by atoms with Crippen LogP contribution in [0.3, 0.4) is 0 Å². The number of rotatable bonds is 8. The number of nitrogens with one attached hydrogen (secondary N) is 2. The number of ether oxygens (including phenoxy) is 1. The number of halogens is 1. The maximum atomic E-state index is 13.1. The molecule has 2 aromatic heterocycles. The van der Waals surface area contributed by atoms with Gasteiger partial charge in [-0.1, -0.05) is 17.7 Å². The lowest BCUT2D eigenvalue weighted by Gasteiger charge is -2.33. The number of hydrogen-bond acceptors (Lipinski definition) is 8. The van der Waals surface area contributed by atoms with E-state index >= 15 is 0 Å². The van der Waals surface area contributed by atoms with Crippen LogP contribution in [-0.4, -0.2) is 84.7 Å². The Kier molecular flexibility index (Phi) is 7.40. The van der Waals surface area contributed by atoms with Crippen molar-refractivity contribution in [3.63, 3.8) is 0 Å². The van der Waals surface area contributed by atoms with Crippen molar-refractivity contribution >= 4 is 60.8 Å². The molecule has 4 rings (SSSR count). The molecule has 0 spiro atoms. The molecule has 1 fully saturated rings. The van der Waals surface area contributed by atoms with Crippen LogP contribution in [0.5, 0.6) is 0 Å². The first-order valence-corrected chi connectivity index (χ1v) is 13.1. The number of carbonyl (C=O) groups excluding carboxylic acids is 3. The highest BCUT2D eigenvalue weighted by molar-refractivity contribution is 7.91. The minimum atomic E-state index is -3.89. The SMILES string of the molecule is COC(=O)[C@@H](Cc1cnc[nH]1)NC(=O)CN1CCN(S(=O)(=O)c2cc3ccc(Cl)cc3s2)CC1=O. The molecular formula is C21H22ClN5O6S2. The van der Waals surface area contributed by atoms with Gasteiger partial charge >= 0.3 is 5.97 Å². The number of thiophene rings is 1. The molecule has 0 radical (unpaired) electrons. The van der Waals surface area contributed by atoms with Gasteiger partial charge in [-0.3, -0.25) is 9.59 Å². The lowest BCUT2D eigenvalue weighted by Crippen LogP contribution is -2.55. The van der Waals surface area contributed by atoms with E-state index < -0.39 is 33.8 Å². The Morgan fingerprint density at radius 3 is 2.80 bits per heavy atom. The number of H-pyrrole nitrogens is 1. The van der Waals surface area contributed by atoms with Crippen LogP contribution in [0.15, 0.2) is 41.0 Å². The van der Waals surface area contributed by atoms with Gasteiger partial charge in [0.15, 0.2) is 0 Å². The summed E-state index contributed by atoms with van der Waals surface area (Å²) < 4.78 is 32.9. The summed E-state index contributed by atoms with van der Waals surface area (Å²) >= 11 is 7.08. The Hall–Kier alpha value is -3.00. The summed E-state index contributed by atoms with van der Waals surface area (Å²) in [7, 11) is -2.68. The Balaban J connectivity index is 1.38. The van der Waals surface area contributed by atoms with Gasteiger partial charge in [-0.05, 0) is 23.6 Å². The van der Waals surface area contributed by atoms with E-state index in [1.54, 1.807) is 24.3 Å². The average molecular weight is 540 g/mol. The minimum absolute atomic E-state index is 0.0327. The van der Waals surface area contributed by atoms with Gasteiger partial charge in [0, 0.05) is 41.1 Å². The van der Waals surface area contributed by atoms with Crippen LogP contribution >= 0.6 is 22.9 Å². The van der Waals surface area contributed by atoms with Gasteiger partial charge in [-0.2, -0.15) is 4.31 Å². The van der Waals surface area contributed by atoms with Crippen LogP contribution in [0.2, 0.25) is 5.02 Å². The van der Waals surface area contributed by atoms with Crippen molar-refractivity contribution in [2.75, 3.05) is 33.3 Å². The zero-order valence-electron chi connectivity index (χ0n) is 18.6. The van der Waals surface area contributed by atoms with Gasteiger partial charge in [0.2, 0.25) is 11.8 Å². The number of aromatic amines is 1. The van der Waals surface area contributed by atoms with Crippen LogP contribution < -0.4 is 5.32 Å². The minimum Gasteiger partial charge on any atom is -0.467 e. The second kappa shape index (κ2) is 10.3. The molecule has 0 saturated carbocycles. The molecule has 14 heteroatoms. The molecule has 0 bridgehead atoms. The number of carbonyl (C=O) groups is 3. The van der Waals surface area contributed by atoms with Crippen LogP contribution in [0, 0.1) is 0 Å². The number of esters is 1. The molecule has 1 atom stereocenters. The molecule has 0 aliphatic carbocycles. The normalized spacial score (nSPS) is 15.8. The summed E-state index contributed by atoms with van der Waals surface area (Å²) in [5.41, 5.74) is 0.624. The molecule has 3 heterocycles. The molecule has 35 heavy (non-hydrogen) atoms. The molecule has 1 aliphatic heterocycles. The number of fused-ring (bicyclic) bond motifs is 1. The van der Waals surface area contributed by atoms with Crippen LogP contribution in [-0.2, 0) is 35.6 Å². The predicted molar refractivity (Wildman–Crippen MR) is 128 cm³/mol. The summed E-state index contributed by atoms with van der Waals surface area (Å²) in [5, 5.41) is 3.81. The van der Waals surface area contributed by atoms with E-state index in [2.05, 4.69) is 15.3 Å². The van der Waals surface area contributed by atoms with E-state index in [4.69, 9.17) is 16.3 Å². The molecule has 11 nitrogen and oxygen atoms in total. The standard InChI is InChI=1S/C21H22ClN5O6S2/c1-33-21(30)16(8-15-9-23-12-24-15)25-18(28)10-26-4-5-27(11-19(26)29)35(31,32)20-6-13-2-3-14(22)7-17(13)34-20/h2-3,6-7,9,12,16H,4-5,8,10-11H2,1H3,(H,23,24)(H,25,28)/t16-/m1/s1. The first kappa shape index (κ1) is 25.1. The summed E-state index contributed by atoms with van der Waals surface area (Å²) in [6.07, 6.45) is 3.11. The van der Waals surface area contributed by atoms with Crippen molar-refractivity contribution in [1.82, 2.24) is 24.5 Å². The number of benzene rings is 1. The van der Waals surface area contributed by atoms with Crippen LogP contribution in [0.25, 0.3) is 10.1 Å². The molecule has 0 unspecified atom stereocenters. The Morgan fingerprint density at radius 2 is 2.11 bits per heavy atom. The number of methoxy groups -OCH3 is 1. The third-order valence-corrected chi connectivity index (χ3v) is 9.10. The fourth-order valence-electron chi connectivity index (χ4n) is 3.66. The van der Waals surface area contributed by atoms with E-state index in [-0.39, 0.29) is 36.8 Å². The zero-order chi connectivity index (χ0) is 25.2. The first-order valence-electron chi connectivity index (χ1n) is 10.5. The molecule has 2 N–H and O–H groups in total. The third-order valence-electron chi connectivity index (χ3n) is 5.47. The number of imidazole rings is 1. The number of amides is 2. The van der Waals surface area contributed by atoms with Crippen molar-refractivity contribution in [2.24, 2.45) is 0 Å². The molecule has 1 aliphatic rings. The predicted octanol–water partition coefficient (Wildman–Crippen LogP) is 1.01. The van der Waals surface area contributed by atoms with Crippen molar-refractivity contribution < 1.29 is 27.5 Å². The number of aromatic nitrogens is 2. The topological polar surface area (TPSA) is 142 Å². The summed E-state index contributed by atoms with van der Waals surface area (Å²) in [6.45, 7) is -0.639. The first-order chi connectivity index (χ1) is 16.7. The molecule has 186 valence electrons. The highest BCUT2D eigenvalue weighted by Gasteiger charge is 2.35. The Bertz CT molecular complexity index is 1360. The number of hydrogen-bond donors (Lipinski definition) is 2. The van der Waals surface area contributed by atoms with E-state index in [1.165, 1.54) is 24.5 Å². The van der Waals surface area contributed by atoms with Gasteiger partial charge in [0.1, 0.15) is 10.3 Å². The van der Waals surface area contributed by atoms with Crippen molar-refractivity contribution in [2.45, 2.75) is 16.7 Å². The van der Waals surface area contributed by atoms with Gasteiger partial charge < -0.3 is 19.9 Å². The lowest BCUT2D eigenvalue weighted by atomic mass is 10.1. The number of piperazine rings is 1. The van der Waals surface area contributed by atoms with Crippen molar-refractivity contribution in [1.29, 1.82) is 0 Å². The summed E-state index contributed by atoms with van der Waals surface area (Å²) in [6, 6.07) is 5.70. The number of sulfonamides is 1. The van der Waals surface area contributed by atoms with E-state index in [0.29, 0.717) is 10.7 Å². The second-order valence-electron chi connectivity index (χ2n) is 7.83. The van der Waals surface area contributed by atoms with Gasteiger partial charge in [0.25, 0.3) is 10.0 Å². The molecule has 1 aromatic carbocycles. The summed E-state index contributed by atoms with van der Waals surface area (Å²) in [4.78, 5) is 45.3. The third kappa shape index (κ3) is 5.64. The van der Waals surface area contributed by atoms with Gasteiger partial charge in [0.05, 0.1) is 26.5 Å². The monoisotopic (exact) mass is 539 g/mol. The van der Waals surface area contributed by atoms with E-state index in [9.17, 15) is 22.8 Å². The number of nitrogens with zero attached hydrogens (tertiary/aromatic N) is 3. The highest BCUT2D eigenvalue weighted by Crippen LogP contribution is 2.33. The highest BCUT2D eigenvalue weighted by atomic mass is 35.5. The Labute approximate surface area is 210 Å². The quantitative estimate of drug-likeness (QED) is 0.407. The van der Waals surface area contributed by atoms with Crippen molar-refractivity contribution in [3.05, 3.63) is 47.5 Å². The largest absolute Gasteiger partial charge is 0.467 e. The molecular weight excluding hydrogens is 518 g/mol. The molecule has 1 saturated heterocycles. The van der Waals surface area contributed by atoms with E-state index in [0.717, 1.165) is 25.7 Å². The molecule has 2 amide bonds. The summed E-state index contributed by atoms with van der Waals surface area (Å²) in [5.74, 6) is -1.71.